The quantitative estimate of drug-likeness (QED) is 0.874. The van der Waals surface area contributed by atoms with Crippen molar-refractivity contribution < 1.29 is 4.74 Å². The first-order chi connectivity index (χ1) is 9.20. The van der Waals surface area contributed by atoms with E-state index in [1.54, 1.807) is 0 Å². The summed E-state index contributed by atoms with van der Waals surface area (Å²) in [6.45, 7) is 7.18. The van der Waals surface area contributed by atoms with Crippen LogP contribution in [0, 0.1) is 12.8 Å². The fourth-order valence-corrected chi connectivity index (χ4v) is 3.57. The molecule has 1 heterocycles. The van der Waals surface area contributed by atoms with Crippen molar-refractivity contribution in [2.45, 2.75) is 39.2 Å². The monoisotopic (exact) mass is 325 g/mol. The molecule has 0 amide bonds. The third kappa shape index (κ3) is 4.30. The molecule has 0 aliphatic carbocycles. The minimum Gasteiger partial charge on any atom is -0.381 e. The van der Waals surface area contributed by atoms with Gasteiger partial charge in [0.15, 0.2) is 0 Å². The number of rotatable bonds is 5. The lowest BCUT2D eigenvalue weighted by Gasteiger charge is -2.28. The van der Waals surface area contributed by atoms with E-state index in [4.69, 9.17) is 4.74 Å². The van der Waals surface area contributed by atoms with E-state index in [1.807, 2.05) is 0 Å². The van der Waals surface area contributed by atoms with Crippen LogP contribution in [0.15, 0.2) is 22.7 Å². The van der Waals surface area contributed by atoms with Crippen LogP contribution in [0.4, 0.5) is 0 Å². The second-order valence-corrected chi connectivity index (χ2v) is 6.28. The SMILES string of the molecule is CCNC(CC1CCOCC1)c1ccc(C)cc1Br. The van der Waals surface area contributed by atoms with Crippen molar-refractivity contribution in [3.05, 3.63) is 33.8 Å². The fourth-order valence-electron chi connectivity index (χ4n) is 2.80. The highest BCUT2D eigenvalue weighted by Gasteiger charge is 2.21. The van der Waals surface area contributed by atoms with E-state index in [1.165, 1.54) is 34.9 Å². The molecule has 0 radical (unpaired) electrons. The molecule has 0 aromatic heterocycles. The van der Waals surface area contributed by atoms with Crippen molar-refractivity contribution in [3.63, 3.8) is 0 Å². The Kier molecular flexibility index (Phi) is 5.86. The predicted octanol–water partition coefficient (Wildman–Crippen LogP) is 4.22. The molecule has 1 N–H and O–H groups in total. The zero-order chi connectivity index (χ0) is 13.7. The summed E-state index contributed by atoms with van der Waals surface area (Å²) in [6.07, 6.45) is 3.61. The molecule has 19 heavy (non-hydrogen) atoms. The Hall–Kier alpha value is -0.380. The zero-order valence-electron chi connectivity index (χ0n) is 11.9. The van der Waals surface area contributed by atoms with E-state index in [2.05, 4.69) is 53.3 Å². The molecule has 1 atom stereocenters. The number of aryl methyl sites for hydroxylation is 1. The molecule has 0 spiro atoms. The van der Waals surface area contributed by atoms with E-state index in [0.717, 1.165) is 25.7 Å². The summed E-state index contributed by atoms with van der Waals surface area (Å²) in [4.78, 5) is 0. The van der Waals surface area contributed by atoms with Gasteiger partial charge >= 0.3 is 0 Å². The van der Waals surface area contributed by atoms with Crippen LogP contribution in [-0.2, 0) is 4.74 Å². The molecule has 2 rings (SSSR count). The summed E-state index contributed by atoms with van der Waals surface area (Å²) in [6, 6.07) is 7.12. The summed E-state index contributed by atoms with van der Waals surface area (Å²) < 4.78 is 6.68. The zero-order valence-corrected chi connectivity index (χ0v) is 13.5. The van der Waals surface area contributed by atoms with Gasteiger partial charge in [-0.2, -0.15) is 0 Å². The molecule has 1 aliphatic heterocycles. The van der Waals surface area contributed by atoms with Crippen molar-refractivity contribution in [2.75, 3.05) is 19.8 Å². The average Bonchev–Trinajstić information content (AvgIpc) is 2.39. The Morgan fingerprint density at radius 3 is 2.74 bits per heavy atom. The fraction of sp³-hybridized carbons (Fsp3) is 0.625. The minimum atomic E-state index is 0.447. The number of benzene rings is 1. The first kappa shape index (κ1) is 15.0. The first-order valence-corrected chi connectivity index (χ1v) is 8.07. The summed E-state index contributed by atoms with van der Waals surface area (Å²) in [5, 5.41) is 3.64. The number of ether oxygens (including phenoxy) is 1. The van der Waals surface area contributed by atoms with E-state index in [9.17, 15) is 0 Å². The molecule has 1 aliphatic rings. The normalized spacial score (nSPS) is 18.5. The van der Waals surface area contributed by atoms with Gasteiger partial charge in [0.2, 0.25) is 0 Å². The first-order valence-electron chi connectivity index (χ1n) is 7.28. The standard InChI is InChI=1S/C16H24BrNO/c1-3-18-16(11-13-6-8-19-9-7-13)14-5-4-12(2)10-15(14)17/h4-5,10,13,16,18H,3,6-9,11H2,1-2H3. The molecule has 0 saturated carbocycles. The summed E-state index contributed by atoms with van der Waals surface area (Å²) in [7, 11) is 0. The lowest BCUT2D eigenvalue weighted by molar-refractivity contribution is 0.0605. The third-order valence-electron chi connectivity index (χ3n) is 3.89. The van der Waals surface area contributed by atoms with E-state index in [-0.39, 0.29) is 0 Å². The lowest BCUT2D eigenvalue weighted by Crippen LogP contribution is -2.26. The maximum absolute atomic E-state index is 5.46. The second kappa shape index (κ2) is 7.41. The molecular formula is C16H24BrNO. The molecular weight excluding hydrogens is 302 g/mol. The maximum Gasteiger partial charge on any atom is 0.0468 e. The maximum atomic E-state index is 5.46. The molecule has 0 bridgehead atoms. The van der Waals surface area contributed by atoms with E-state index < -0.39 is 0 Å². The highest BCUT2D eigenvalue weighted by molar-refractivity contribution is 9.10. The number of hydrogen-bond acceptors (Lipinski definition) is 2. The van der Waals surface area contributed by atoms with Crippen LogP contribution < -0.4 is 5.32 Å². The minimum absolute atomic E-state index is 0.447. The molecule has 1 aromatic carbocycles. The largest absolute Gasteiger partial charge is 0.381 e. The van der Waals surface area contributed by atoms with Gasteiger partial charge in [0.1, 0.15) is 0 Å². The molecule has 1 aromatic rings. The summed E-state index contributed by atoms with van der Waals surface area (Å²) in [5.74, 6) is 0.783. The number of nitrogens with one attached hydrogen (secondary N) is 1. The topological polar surface area (TPSA) is 21.3 Å². The van der Waals surface area contributed by atoms with Crippen LogP contribution >= 0.6 is 15.9 Å². The number of halogens is 1. The van der Waals surface area contributed by atoms with Crippen LogP contribution in [0.25, 0.3) is 0 Å². The Bertz CT molecular complexity index is 402. The lowest BCUT2D eigenvalue weighted by atomic mass is 9.89. The molecule has 2 nitrogen and oxygen atoms in total. The Morgan fingerprint density at radius 1 is 1.37 bits per heavy atom. The van der Waals surface area contributed by atoms with Crippen molar-refractivity contribution in [1.29, 1.82) is 0 Å². The molecule has 3 heteroatoms. The number of hydrogen-bond donors (Lipinski definition) is 1. The average molecular weight is 326 g/mol. The van der Waals surface area contributed by atoms with Crippen LogP contribution in [-0.4, -0.2) is 19.8 Å². The van der Waals surface area contributed by atoms with Crippen molar-refractivity contribution in [1.82, 2.24) is 5.32 Å². The second-order valence-electron chi connectivity index (χ2n) is 5.43. The van der Waals surface area contributed by atoms with Crippen LogP contribution in [0.1, 0.15) is 43.4 Å². The van der Waals surface area contributed by atoms with Gasteiger partial charge in [-0.1, -0.05) is 35.0 Å². The third-order valence-corrected chi connectivity index (χ3v) is 4.58. The molecule has 1 fully saturated rings. The summed E-state index contributed by atoms with van der Waals surface area (Å²) in [5.41, 5.74) is 2.69. The van der Waals surface area contributed by atoms with Gasteiger partial charge in [-0.25, -0.2) is 0 Å². The predicted molar refractivity (Wildman–Crippen MR) is 83.5 cm³/mol. The van der Waals surface area contributed by atoms with Gasteiger partial charge < -0.3 is 10.1 Å². The highest BCUT2D eigenvalue weighted by atomic mass is 79.9. The van der Waals surface area contributed by atoms with Gasteiger partial charge in [-0.15, -0.1) is 0 Å². The smallest absolute Gasteiger partial charge is 0.0468 e. The molecule has 1 saturated heterocycles. The van der Waals surface area contributed by atoms with Gasteiger partial charge in [-0.05, 0) is 55.8 Å². The van der Waals surface area contributed by atoms with Crippen molar-refractivity contribution in [2.24, 2.45) is 5.92 Å². The molecule has 106 valence electrons. The van der Waals surface area contributed by atoms with Crippen LogP contribution in [0.3, 0.4) is 0 Å². The summed E-state index contributed by atoms with van der Waals surface area (Å²) >= 11 is 3.72. The van der Waals surface area contributed by atoms with Gasteiger partial charge in [0.05, 0.1) is 0 Å². The van der Waals surface area contributed by atoms with Gasteiger partial charge in [0, 0.05) is 23.7 Å². The Balaban J connectivity index is 2.09. The highest BCUT2D eigenvalue weighted by Crippen LogP contribution is 2.32. The Labute approximate surface area is 125 Å². The van der Waals surface area contributed by atoms with E-state index in [0.29, 0.717) is 6.04 Å². The van der Waals surface area contributed by atoms with Crippen molar-refractivity contribution >= 4 is 15.9 Å². The Morgan fingerprint density at radius 2 is 2.11 bits per heavy atom. The van der Waals surface area contributed by atoms with Crippen LogP contribution in [0.5, 0.6) is 0 Å². The van der Waals surface area contributed by atoms with Gasteiger partial charge in [-0.3, -0.25) is 0 Å². The van der Waals surface area contributed by atoms with E-state index >= 15 is 0 Å². The van der Waals surface area contributed by atoms with Crippen molar-refractivity contribution in [3.8, 4) is 0 Å². The van der Waals surface area contributed by atoms with Crippen LogP contribution in [0.2, 0.25) is 0 Å². The van der Waals surface area contributed by atoms with Gasteiger partial charge in [0.25, 0.3) is 0 Å². The molecule has 1 unspecified atom stereocenters.